The number of hydrogen-bond acceptors (Lipinski definition) is 5. The van der Waals surface area contributed by atoms with E-state index >= 15 is 0 Å². The molecule has 1 N–H and O–H groups in total. The molecular formula is C17H16IN3O2. The molecule has 2 aromatic carbocycles. The molecule has 5 nitrogen and oxygen atoms in total. The highest BCUT2D eigenvalue weighted by molar-refractivity contribution is 14.1. The number of nitrogens with one attached hydrogen (secondary N) is 1. The van der Waals surface area contributed by atoms with Gasteiger partial charge >= 0.3 is 0 Å². The van der Waals surface area contributed by atoms with E-state index in [2.05, 4.69) is 33.1 Å². The molecule has 0 heterocycles. The van der Waals surface area contributed by atoms with Gasteiger partial charge in [0.1, 0.15) is 6.07 Å². The standard InChI is InChI=1S/C17H16IN3O2/c1-2-22-16-11-13(10-15(18)17(16)23-9-8-19)12-20-21-14-6-4-3-5-7-14/h3-7,10-12,21H,2,9H2,1H3. The van der Waals surface area contributed by atoms with Crippen LogP contribution < -0.4 is 14.9 Å². The zero-order valence-corrected chi connectivity index (χ0v) is 14.8. The monoisotopic (exact) mass is 421 g/mol. The number of halogens is 1. The van der Waals surface area contributed by atoms with Gasteiger partial charge in [0.25, 0.3) is 0 Å². The van der Waals surface area contributed by atoms with Crippen LogP contribution in [-0.2, 0) is 0 Å². The van der Waals surface area contributed by atoms with E-state index in [0.29, 0.717) is 18.1 Å². The summed E-state index contributed by atoms with van der Waals surface area (Å²) in [6, 6.07) is 15.4. The fourth-order valence-electron chi connectivity index (χ4n) is 1.86. The largest absolute Gasteiger partial charge is 0.490 e. The molecule has 2 aromatic rings. The van der Waals surface area contributed by atoms with E-state index in [4.69, 9.17) is 14.7 Å². The molecule has 0 saturated heterocycles. The second-order valence-electron chi connectivity index (χ2n) is 4.45. The third-order valence-electron chi connectivity index (χ3n) is 2.79. The molecule has 0 unspecified atom stereocenters. The second-order valence-corrected chi connectivity index (χ2v) is 5.61. The van der Waals surface area contributed by atoms with Crippen molar-refractivity contribution in [3.8, 4) is 17.6 Å². The van der Waals surface area contributed by atoms with Crippen LogP contribution in [0.3, 0.4) is 0 Å². The maximum atomic E-state index is 8.67. The molecule has 6 heteroatoms. The Morgan fingerprint density at radius 2 is 2.04 bits per heavy atom. The summed E-state index contributed by atoms with van der Waals surface area (Å²) in [4.78, 5) is 0. The van der Waals surface area contributed by atoms with Crippen LogP contribution in [0.1, 0.15) is 12.5 Å². The fraction of sp³-hybridized carbons (Fsp3) is 0.176. The van der Waals surface area contributed by atoms with Gasteiger partial charge in [-0.15, -0.1) is 0 Å². The number of hydrogen-bond donors (Lipinski definition) is 1. The van der Waals surface area contributed by atoms with Crippen molar-refractivity contribution >= 4 is 34.5 Å². The SMILES string of the molecule is CCOc1cc(C=NNc2ccccc2)cc(I)c1OCC#N. The number of para-hydroxylation sites is 1. The smallest absolute Gasteiger partial charge is 0.176 e. The van der Waals surface area contributed by atoms with Crippen molar-refractivity contribution in [2.45, 2.75) is 6.92 Å². The molecule has 0 radical (unpaired) electrons. The molecule has 118 valence electrons. The molecule has 0 aliphatic heterocycles. The molecule has 0 atom stereocenters. The summed E-state index contributed by atoms with van der Waals surface area (Å²) >= 11 is 2.16. The van der Waals surface area contributed by atoms with E-state index in [1.165, 1.54) is 0 Å². The Labute approximate surface area is 149 Å². The highest BCUT2D eigenvalue weighted by Crippen LogP contribution is 2.33. The second kappa shape index (κ2) is 9.00. The fourth-order valence-corrected chi connectivity index (χ4v) is 2.65. The molecule has 23 heavy (non-hydrogen) atoms. The Morgan fingerprint density at radius 1 is 1.26 bits per heavy atom. The Bertz CT molecular complexity index is 712. The molecule has 0 spiro atoms. The minimum atomic E-state index is -0.0148. The minimum Gasteiger partial charge on any atom is -0.490 e. The van der Waals surface area contributed by atoms with Gasteiger partial charge in [-0.3, -0.25) is 5.43 Å². The molecule has 0 aliphatic rings. The van der Waals surface area contributed by atoms with Crippen LogP contribution in [0.4, 0.5) is 5.69 Å². The predicted molar refractivity (Wildman–Crippen MR) is 99.1 cm³/mol. The van der Waals surface area contributed by atoms with Crippen molar-refractivity contribution in [1.29, 1.82) is 5.26 Å². The number of anilines is 1. The van der Waals surface area contributed by atoms with Gasteiger partial charge in [0.15, 0.2) is 18.1 Å². The molecule has 0 bridgehead atoms. The van der Waals surface area contributed by atoms with E-state index in [0.717, 1.165) is 14.8 Å². The maximum absolute atomic E-state index is 8.67. The van der Waals surface area contributed by atoms with Crippen molar-refractivity contribution in [3.63, 3.8) is 0 Å². The molecule has 0 amide bonds. The van der Waals surface area contributed by atoms with Gasteiger partial charge < -0.3 is 9.47 Å². The summed E-state index contributed by atoms with van der Waals surface area (Å²) in [5, 5.41) is 12.9. The lowest BCUT2D eigenvalue weighted by atomic mass is 10.2. The van der Waals surface area contributed by atoms with Crippen LogP contribution >= 0.6 is 22.6 Å². The van der Waals surface area contributed by atoms with Crippen molar-refractivity contribution < 1.29 is 9.47 Å². The average Bonchev–Trinajstić information content (AvgIpc) is 2.55. The zero-order valence-electron chi connectivity index (χ0n) is 12.6. The van der Waals surface area contributed by atoms with Gasteiger partial charge in [-0.1, -0.05) is 18.2 Å². The van der Waals surface area contributed by atoms with Crippen molar-refractivity contribution in [2.75, 3.05) is 18.6 Å². The lowest BCUT2D eigenvalue weighted by Crippen LogP contribution is -2.02. The number of benzene rings is 2. The number of rotatable bonds is 7. The number of nitriles is 1. The van der Waals surface area contributed by atoms with Gasteiger partial charge in [0, 0.05) is 0 Å². The first-order chi connectivity index (χ1) is 11.2. The number of ether oxygens (including phenoxy) is 2. The highest BCUT2D eigenvalue weighted by Gasteiger charge is 2.11. The summed E-state index contributed by atoms with van der Waals surface area (Å²) in [7, 11) is 0. The van der Waals surface area contributed by atoms with Gasteiger partial charge in [0.05, 0.1) is 22.1 Å². The lowest BCUT2D eigenvalue weighted by Gasteiger charge is -2.12. The summed E-state index contributed by atoms with van der Waals surface area (Å²) < 4.78 is 11.9. The van der Waals surface area contributed by atoms with Gasteiger partial charge in [0.2, 0.25) is 0 Å². The van der Waals surface area contributed by atoms with Crippen LogP contribution in [0.15, 0.2) is 47.6 Å². The quantitative estimate of drug-likeness (QED) is 0.417. The molecule has 0 saturated carbocycles. The van der Waals surface area contributed by atoms with E-state index in [-0.39, 0.29) is 6.61 Å². The molecule has 0 aliphatic carbocycles. The third kappa shape index (κ3) is 5.14. The Balaban J connectivity index is 2.17. The molecule has 2 rings (SSSR count). The van der Waals surface area contributed by atoms with Crippen LogP contribution in [-0.4, -0.2) is 19.4 Å². The molecule has 0 fully saturated rings. The summed E-state index contributed by atoms with van der Waals surface area (Å²) in [5.41, 5.74) is 4.76. The van der Waals surface area contributed by atoms with E-state index in [1.54, 1.807) is 6.21 Å². The topological polar surface area (TPSA) is 66.6 Å². The van der Waals surface area contributed by atoms with Crippen molar-refractivity contribution in [3.05, 3.63) is 51.6 Å². The van der Waals surface area contributed by atoms with Crippen LogP contribution in [0.5, 0.6) is 11.5 Å². The Hall–Kier alpha value is -2.27. The van der Waals surface area contributed by atoms with Crippen molar-refractivity contribution in [2.24, 2.45) is 5.10 Å². The predicted octanol–water partition coefficient (Wildman–Crippen LogP) is 4.04. The van der Waals surface area contributed by atoms with Gasteiger partial charge in [-0.05, 0) is 59.3 Å². The van der Waals surface area contributed by atoms with Crippen molar-refractivity contribution in [1.82, 2.24) is 0 Å². The summed E-state index contributed by atoms with van der Waals surface area (Å²) in [6.45, 7) is 2.40. The first kappa shape index (κ1) is 17.1. The van der Waals surface area contributed by atoms with E-state index in [9.17, 15) is 0 Å². The summed E-state index contributed by atoms with van der Waals surface area (Å²) in [5.74, 6) is 1.19. The molecular weight excluding hydrogens is 405 g/mol. The van der Waals surface area contributed by atoms with Gasteiger partial charge in [-0.2, -0.15) is 10.4 Å². The first-order valence-corrected chi connectivity index (χ1v) is 8.12. The van der Waals surface area contributed by atoms with Crippen LogP contribution in [0.25, 0.3) is 0 Å². The Kier molecular flexibility index (Phi) is 6.69. The average molecular weight is 421 g/mol. The normalized spacial score (nSPS) is 10.3. The van der Waals surface area contributed by atoms with Crippen LogP contribution in [0.2, 0.25) is 0 Å². The number of hydrazone groups is 1. The van der Waals surface area contributed by atoms with E-state index < -0.39 is 0 Å². The van der Waals surface area contributed by atoms with Gasteiger partial charge in [-0.25, -0.2) is 0 Å². The zero-order chi connectivity index (χ0) is 16.5. The van der Waals surface area contributed by atoms with Crippen LogP contribution in [0, 0.1) is 14.9 Å². The third-order valence-corrected chi connectivity index (χ3v) is 3.60. The van der Waals surface area contributed by atoms with E-state index in [1.807, 2.05) is 55.5 Å². The highest BCUT2D eigenvalue weighted by atomic mass is 127. The number of nitrogens with zero attached hydrogens (tertiary/aromatic N) is 2. The minimum absolute atomic E-state index is 0.0148. The maximum Gasteiger partial charge on any atom is 0.176 e. The lowest BCUT2D eigenvalue weighted by molar-refractivity contribution is 0.297. The first-order valence-electron chi connectivity index (χ1n) is 7.04. The summed E-state index contributed by atoms with van der Waals surface area (Å²) in [6.07, 6.45) is 1.71. The Morgan fingerprint density at radius 3 is 2.74 bits per heavy atom. The molecule has 0 aromatic heterocycles.